The molecule has 0 aliphatic heterocycles. The molecule has 1 N–H and O–H groups in total. The van der Waals surface area contributed by atoms with Gasteiger partial charge in [-0.05, 0) is 53.5 Å². The van der Waals surface area contributed by atoms with Gasteiger partial charge in [0.2, 0.25) is 0 Å². The van der Waals surface area contributed by atoms with Crippen LogP contribution in [0.4, 0.5) is 5.69 Å². The normalized spacial score (nSPS) is 12.0. The summed E-state index contributed by atoms with van der Waals surface area (Å²) in [6.45, 7) is 4.26. The average Bonchev–Trinajstić information content (AvgIpc) is 2.39. The Labute approximate surface area is 122 Å². The Morgan fingerprint density at radius 3 is 2.37 bits per heavy atom. The highest BCUT2D eigenvalue weighted by Gasteiger charge is 2.07. The summed E-state index contributed by atoms with van der Waals surface area (Å²) in [4.78, 5) is 0. The molecular weight excluding hydrogens is 302 g/mol. The fraction of sp³-hybridized carbons (Fsp3) is 0.250. The van der Waals surface area contributed by atoms with E-state index in [1.165, 1.54) is 11.1 Å². The Morgan fingerprint density at radius 2 is 1.79 bits per heavy atom. The molecule has 0 bridgehead atoms. The highest BCUT2D eigenvalue weighted by atomic mass is 79.9. The molecule has 0 saturated heterocycles. The third-order valence-electron chi connectivity index (χ3n) is 3.11. The minimum atomic E-state index is 0.265. The summed E-state index contributed by atoms with van der Waals surface area (Å²) in [5.41, 5.74) is 3.63. The second kappa shape index (κ2) is 6.11. The van der Waals surface area contributed by atoms with Gasteiger partial charge in [0.25, 0.3) is 0 Å². The zero-order chi connectivity index (χ0) is 13.8. The number of halogens is 1. The number of ether oxygens (including phenoxy) is 1. The molecule has 0 saturated carbocycles. The largest absolute Gasteiger partial charge is 0.496 e. The third kappa shape index (κ3) is 3.51. The van der Waals surface area contributed by atoms with E-state index in [4.69, 9.17) is 4.74 Å². The summed E-state index contributed by atoms with van der Waals surface area (Å²) >= 11 is 3.50. The molecule has 0 aliphatic rings. The van der Waals surface area contributed by atoms with Crippen LogP contribution in [0, 0.1) is 6.92 Å². The van der Waals surface area contributed by atoms with Crippen molar-refractivity contribution in [2.75, 3.05) is 12.4 Å². The van der Waals surface area contributed by atoms with Crippen molar-refractivity contribution in [1.82, 2.24) is 0 Å². The minimum Gasteiger partial charge on any atom is -0.496 e. The first-order valence-electron chi connectivity index (χ1n) is 6.27. The van der Waals surface area contributed by atoms with Crippen molar-refractivity contribution in [2.24, 2.45) is 0 Å². The van der Waals surface area contributed by atoms with Gasteiger partial charge in [0, 0.05) is 11.7 Å². The Kier molecular flexibility index (Phi) is 4.48. The van der Waals surface area contributed by atoms with E-state index in [1.54, 1.807) is 7.11 Å². The van der Waals surface area contributed by atoms with Crippen molar-refractivity contribution in [3.8, 4) is 5.75 Å². The molecule has 2 rings (SSSR count). The predicted octanol–water partition coefficient (Wildman–Crippen LogP) is 4.94. The molecule has 2 nitrogen and oxygen atoms in total. The predicted molar refractivity (Wildman–Crippen MR) is 83.9 cm³/mol. The van der Waals surface area contributed by atoms with Crippen molar-refractivity contribution in [3.05, 3.63) is 58.1 Å². The van der Waals surface area contributed by atoms with Crippen LogP contribution in [0.1, 0.15) is 24.1 Å². The molecule has 1 unspecified atom stereocenters. The van der Waals surface area contributed by atoms with Crippen molar-refractivity contribution in [2.45, 2.75) is 19.9 Å². The quantitative estimate of drug-likeness (QED) is 0.861. The number of anilines is 1. The van der Waals surface area contributed by atoms with E-state index in [0.717, 1.165) is 15.9 Å². The molecule has 0 aromatic heterocycles. The van der Waals surface area contributed by atoms with Crippen LogP contribution in [0.3, 0.4) is 0 Å². The SMILES string of the molecule is COc1ccc(NC(C)c2ccc(C)cc2)cc1Br. The average molecular weight is 320 g/mol. The van der Waals surface area contributed by atoms with Crippen LogP contribution in [0.15, 0.2) is 46.9 Å². The maximum absolute atomic E-state index is 5.23. The summed E-state index contributed by atoms with van der Waals surface area (Å²) in [6.07, 6.45) is 0. The summed E-state index contributed by atoms with van der Waals surface area (Å²) in [7, 11) is 1.67. The van der Waals surface area contributed by atoms with Gasteiger partial charge in [-0.25, -0.2) is 0 Å². The number of methoxy groups -OCH3 is 1. The number of hydrogen-bond acceptors (Lipinski definition) is 2. The molecular formula is C16H18BrNO. The van der Waals surface area contributed by atoms with Gasteiger partial charge in [-0.1, -0.05) is 29.8 Å². The zero-order valence-electron chi connectivity index (χ0n) is 11.4. The summed E-state index contributed by atoms with van der Waals surface area (Å²) in [5, 5.41) is 3.48. The second-order valence-corrected chi connectivity index (χ2v) is 5.48. The van der Waals surface area contributed by atoms with Crippen molar-refractivity contribution in [1.29, 1.82) is 0 Å². The van der Waals surface area contributed by atoms with Crippen LogP contribution in [0.2, 0.25) is 0 Å². The lowest BCUT2D eigenvalue weighted by Crippen LogP contribution is -2.06. The Morgan fingerprint density at radius 1 is 1.11 bits per heavy atom. The van der Waals surface area contributed by atoms with E-state index in [-0.39, 0.29) is 6.04 Å². The Balaban J connectivity index is 2.12. The monoisotopic (exact) mass is 319 g/mol. The fourth-order valence-electron chi connectivity index (χ4n) is 1.94. The van der Waals surface area contributed by atoms with Crippen LogP contribution in [0.5, 0.6) is 5.75 Å². The maximum atomic E-state index is 5.23. The van der Waals surface area contributed by atoms with Gasteiger partial charge < -0.3 is 10.1 Å². The van der Waals surface area contributed by atoms with Crippen LogP contribution in [-0.4, -0.2) is 7.11 Å². The topological polar surface area (TPSA) is 21.3 Å². The van der Waals surface area contributed by atoms with E-state index in [9.17, 15) is 0 Å². The molecule has 2 aromatic rings. The molecule has 3 heteroatoms. The van der Waals surface area contributed by atoms with E-state index in [1.807, 2.05) is 18.2 Å². The molecule has 0 fully saturated rings. The maximum Gasteiger partial charge on any atom is 0.133 e. The van der Waals surface area contributed by atoms with Gasteiger partial charge in [-0.2, -0.15) is 0 Å². The summed E-state index contributed by atoms with van der Waals surface area (Å²) < 4.78 is 6.18. The first kappa shape index (κ1) is 13.9. The van der Waals surface area contributed by atoms with Crippen LogP contribution >= 0.6 is 15.9 Å². The molecule has 0 spiro atoms. The second-order valence-electron chi connectivity index (χ2n) is 4.63. The van der Waals surface area contributed by atoms with Crippen molar-refractivity contribution >= 4 is 21.6 Å². The molecule has 100 valence electrons. The van der Waals surface area contributed by atoms with Gasteiger partial charge in [0.05, 0.1) is 11.6 Å². The molecule has 0 radical (unpaired) electrons. The Hall–Kier alpha value is -1.48. The van der Waals surface area contributed by atoms with Crippen LogP contribution in [-0.2, 0) is 0 Å². The van der Waals surface area contributed by atoms with Crippen LogP contribution < -0.4 is 10.1 Å². The van der Waals surface area contributed by atoms with E-state index < -0.39 is 0 Å². The van der Waals surface area contributed by atoms with Gasteiger partial charge in [-0.3, -0.25) is 0 Å². The number of benzene rings is 2. The number of hydrogen-bond donors (Lipinski definition) is 1. The lowest BCUT2D eigenvalue weighted by Gasteiger charge is -2.16. The standard InChI is InChI=1S/C16H18BrNO/c1-11-4-6-13(7-5-11)12(2)18-14-8-9-16(19-3)15(17)10-14/h4-10,12,18H,1-3H3. The van der Waals surface area contributed by atoms with Crippen molar-refractivity contribution < 1.29 is 4.74 Å². The van der Waals surface area contributed by atoms with Gasteiger partial charge in [0.15, 0.2) is 0 Å². The molecule has 1 atom stereocenters. The molecule has 19 heavy (non-hydrogen) atoms. The fourth-order valence-corrected chi connectivity index (χ4v) is 2.49. The summed E-state index contributed by atoms with van der Waals surface area (Å²) in [5.74, 6) is 0.841. The Bertz CT molecular complexity index is 551. The van der Waals surface area contributed by atoms with Crippen LogP contribution in [0.25, 0.3) is 0 Å². The first-order chi connectivity index (χ1) is 9.10. The first-order valence-corrected chi connectivity index (χ1v) is 7.06. The highest BCUT2D eigenvalue weighted by molar-refractivity contribution is 9.10. The lowest BCUT2D eigenvalue weighted by atomic mass is 10.1. The zero-order valence-corrected chi connectivity index (χ0v) is 13.0. The van der Waals surface area contributed by atoms with Gasteiger partial charge in [0.1, 0.15) is 5.75 Å². The smallest absolute Gasteiger partial charge is 0.133 e. The summed E-state index contributed by atoms with van der Waals surface area (Å²) in [6, 6.07) is 14.9. The van der Waals surface area contributed by atoms with Gasteiger partial charge in [-0.15, -0.1) is 0 Å². The molecule has 0 heterocycles. The minimum absolute atomic E-state index is 0.265. The van der Waals surface area contributed by atoms with E-state index in [0.29, 0.717) is 0 Å². The number of nitrogens with one attached hydrogen (secondary N) is 1. The molecule has 2 aromatic carbocycles. The lowest BCUT2D eigenvalue weighted by molar-refractivity contribution is 0.412. The van der Waals surface area contributed by atoms with Gasteiger partial charge >= 0.3 is 0 Å². The molecule has 0 amide bonds. The highest BCUT2D eigenvalue weighted by Crippen LogP contribution is 2.29. The number of aryl methyl sites for hydroxylation is 1. The number of rotatable bonds is 4. The van der Waals surface area contributed by atoms with E-state index in [2.05, 4.69) is 59.4 Å². The molecule has 0 aliphatic carbocycles. The van der Waals surface area contributed by atoms with E-state index >= 15 is 0 Å². The third-order valence-corrected chi connectivity index (χ3v) is 3.73. The van der Waals surface area contributed by atoms with Crippen molar-refractivity contribution in [3.63, 3.8) is 0 Å².